The van der Waals surface area contributed by atoms with Crippen molar-refractivity contribution in [3.05, 3.63) is 53.6 Å². The van der Waals surface area contributed by atoms with Gasteiger partial charge in [0.2, 0.25) is 0 Å². The molecular weight excluding hydrogens is 328 g/mol. The number of ketones is 1. The average Bonchev–Trinajstić information content (AvgIpc) is 2.64. The monoisotopic (exact) mass is 356 g/mol. The maximum Gasteiger partial charge on any atom is 0.196 e. The molecule has 2 N–H and O–H groups in total. The number of carbonyl (C=O) groups excluding carboxylic acids is 1. The van der Waals surface area contributed by atoms with Crippen LogP contribution in [0.3, 0.4) is 0 Å². The third-order valence-electron chi connectivity index (χ3n) is 4.36. The largest absolute Gasteiger partial charge is 0.508 e. The van der Waals surface area contributed by atoms with E-state index in [-0.39, 0.29) is 22.8 Å². The molecule has 0 bridgehead atoms. The van der Waals surface area contributed by atoms with Crippen LogP contribution in [0.5, 0.6) is 17.2 Å². The summed E-state index contributed by atoms with van der Waals surface area (Å²) >= 11 is 0. The molecule has 0 aromatic heterocycles. The van der Waals surface area contributed by atoms with Crippen LogP contribution >= 0.6 is 0 Å². The van der Waals surface area contributed by atoms with Crippen molar-refractivity contribution in [2.24, 2.45) is 0 Å². The average molecular weight is 356 g/mol. The van der Waals surface area contributed by atoms with Crippen molar-refractivity contribution in [3.63, 3.8) is 0 Å². The number of unbranched alkanes of at least 4 members (excludes halogenated alkanes) is 6. The van der Waals surface area contributed by atoms with Crippen molar-refractivity contribution in [1.29, 1.82) is 0 Å². The molecule has 0 aliphatic rings. The number of hydrogen-bond donors (Lipinski definition) is 2. The molecule has 0 spiro atoms. The van der Waals surface area contributed by atoms with E-state index >= 15 is 0 Å². The minimum atomic E-state index is -0.291. The lowest BCUT2D eigenvalue weighted by Crippen LogP contribution is -2.02. The number of carbonyl (C=O) groups is 1. The molecule has 0 aliphatic carbocycles. The standard InChI is InChI=1S/C22H28O4/c1-2-3-4-5-6-7-8-15-26-19-12-9-17(10-13-19)22(25)20-14-11-18(23)16-21(20)24/h9-14,16,23-24H,2-8,15H2,1H3. The van der Waals surface area contributed by atoms with E-state index in [0.717, 1.165) is 18.2 Å². The minimum Gasteiger partial charge on any atom is -0.508 e. The Kier molecular flexibility index (Phi) is 8.00. The predicted octanol–water partition coefficient (Wildman–Crippen LogP) is 5.46. The van der Waals surface area contributed by atoms with Gasteiger partial charge in [-0.05, 0) is 42.8 Å². The van der Waals surface area contributed by atoms with Gasteiger partial charge in [-0.25, -0.2) is 0 Å². The topological polar surface area (TPSA) is 66.8 Å². The Hall–Kier alpha value is -2.49. The van der Waals surface area contributed by atoms with E-state index in [1.807, 2.05) is 0 Å². The maximum atomic E-state index is 12.4. The molecular formula is C22H28O4. The molecule has 2 aromatic carbocycles. The van der Waals surface area contributed by atoms with Gasteiger partial charge in [-0.1, -0.05) is 45.4 Å². The first-order valence-corrected chi connectivity index (χ1v) is 9.41. The minimum absolute atomic E-state index is 0.0758. The number of rotatable bonds is 11. The second-order valence-electron chi connectivity index (χ2n) is 6.52. The van der Waals surface area contributed by atoms with E-state index in [0.29, 0.717) is 12.2 Å². The van der Waals surface area contributed by atoms with Crippen LogP contribution in [0.1, 0.15) is 67.8 Å². The highest BCUT2D eigenvalue weighted by atomic mass is 16.5. The third kappa shape index (κ3) is 6.10. The molecule has 0 saturated carbocycles. The van der Waals surface area contributed by atoms with Gasteiger partial charge in [-0.2, -0.15) is 0 Å². The summed E-state index contributed by atoms with van der Waals surface area (Å²) in [5.74, 6) is 0.144. The molecule has 2 rings (SSSR count). The lowest BCUT2D eigenvalue weighted by molar-refractivity contribution is 0.103. The summed E-state index contributed by atoms with van der Waals surface area (Å²) in [5.41, 5.74) is 0.633. The van der Waals surface area contributed by atoms with Crippen LogP contribution in [0.4, 0.5) is 0 Å². The van der Waals surface area contributed by atoms with Crippen LogP contribution in [-0.2, 0) is 0 Å². The smallest absolute Gasteiger partial charge is 0.196 e. The van der Waals surface area contributed by atoms with E-state index in [2.05, 4.69) is 6.92 Å². The van der Waals surface area contributed by atoms with Crippen LogP contribution in [0.25, 0.3) is 0 Å². The fourth-order valence-corrected chi connectivity index (χ4v) is 2.82. The highest BCUT2D eigenvalue weighted by molar-refractivity contribution is 6.10. The van der Waals surface area contributed by atoms with Gasteiger partial charge in [0.1, 0.15) is 17.2 Å². The van der Waals surface area contributed by atoms with E-state index in [9.17, 15) is 15.0 Å². The van der Waals surface area contributed by atoms with E-state index in [4.69, 9.17) is 4.74 Å². The summed E-state index contributed by atoms with van der Waals surface area (Å²) in [5, 5.41) is 19.1. The van der Waals surface area contributed by atoms with Crippen LogP contribution in [-0.4, -0.2) is 22.6 Å². The highest BCUT2D eigenvalue weighted by Crippen LogP contribution is 2.25. The highest BCUT2D eigenvalue weighted by Gasteiger charge is 2.14. The summed E-state index contributed by atoms with van der Waals surface area (Å²) in [6.45, 7) is 2.90. The van der Waals surface area contributed by atoms with Crippen molar-refractivity contribution >= 4 is 5.78 Å². The van der Waals surface area contributed by atoms with Crippen molar-refractivity contribution in [3.8, 4) is 17.2 Å². The molecule has 140 valence electrons. The van der Waals surface area contributed by atoms with Gasteiger partial charge < -0.3 is 14.9 Å². The summed E-state index contributed by atoms with van der Waals surface area (Å²) in [6.07, 6.45) is 8.69. The molecule has 0 aliphatic heterocycles. The van der Waals surface area contributed by atoms with E-state index in [1.54, 1.807) is 24.3 Å². The fourth-order valence-electron chi connectivity index (χ4n) is 2.82. The van der Waals surface area contributed by atoms with Gasteiger partial charge in [0.25, 0.3) is 0 Å². The van der Waals surface area contributed by atoms with Gasteiger partial charge in [-0.15, -0.1) is 0 Å². The van der Waals surface area contributed by atoms with Crippen molar-refractivity contribution < 1.29 is 19.7 Å². The van der Waals surface area contributed by atoms with Crippen LogP contribution in [0, 0.1) is 0 Å². The number of phenolic OH excluding ortho intramolecular Hbond substituents is 2. The molecule has 0 fully saturated rings. The van der Waals surface area contributed by atoms with Crippen LogP contribution in [0.15, 0.2) is 42.5 Å². The quantitative estimate of drug-likeness (QED) is 0.414. The fraction of sp³-hybridized carbons (Fsp3) is 0.409. The normalized spacial score (nSPS) is 10.7. The van der Waals surface area contributed by atoms with Gasteiger partial charge in [0.05, 0.1) is 12.2 Å². The zero-order valence-corrected chi connectivity index (χ0v) is 15.4. The molecule has 0 saturated heterocycles. The van der Waals surface area contributed by atoms with Crippen molar-refractivity contribution in [2.75, 3.05) is 6.61 Å². The molecule has 2 aromatic rings. The first kappa shape index (κ1) is 19.8. The van der Waals surface area contributed by atoms with E-state index < -0.39 is 0 Å². The second kappa shape index (κ2) is 10.5. The van der Waals surface area contributed by atoms with Gasteiger partial charge in [-0.3, -0.25) is 4.79 Å². The molecule has 0 amide bonds. The number of benzene rings is 2. The first-order valence-electron chi connectivity index (χ1n) is 9.41. The lowest BCUT2D eigenvalue weighted by Gasteiger charge is -2.08. The number of hydrogen-bond acceptors (Lipinski definition) is 4. The maximum absolute atomic E-state index is 12.4. The number of aromatic hydroxyl groups is 2. The zero-order valence-electron chi connectivity index (χ0n) is 15.4. The van der Waals surface area contributed by atoms with Crippen LogP contribution in [0.2, 0.25) is 0 Å². The Balaban J connectivity index is 1.78. The lowest BCUT2D eigenvalue weighted by atomic mass is 10.0. The summed E-state index contributed by atoms with van der Waals surface area (Å²) in [4.78, 5) is 12.4. The number of ether oxygens (including phenoxy) is 1. The summed E-state index contributed by atoms with van der Waals surface area (Å²) in [7, 11) is 0. The number of phenols is 2. The Bertz CT molecular complexity index is 692. The van der Waals surface area contributed by atoms with E-state index in [1.165, 1.54) is 50.7 Å². The van der Waals surface area contributed by atoms with Gasteiger partial charge in [0.15, 0.2) is 5.78 Å². The SMILES string of the molecule is CCCCCCCCCOc1ccc(C(=O)c2ccc(O)cc2O)cc1. The molecule has 0 atom stereocenters. The first-order chi connectivity index (χ1) is 12.6. The van der Waals surface area contributed by atoms with Crippen molar-refractivity contribution in [1.82, 2.24) is 0 Å². The Labute approximate surface area is 155 Å². The summed E-state index contributed by atoms with van der Waals surface area (Å²) in [6, 6.07) is 10.9. The third-order valence-corrected chi connectivity index (χ3v) is 4.36. The Morgan fingerprint density at radius 3 is 2.19 bits per heavy atom. The van der Waals surface area contributed by atoms with Gasteiger partial charge >= 0.3 is 0 Å². The second-order valence-corrected chi connectivity index (χ2v) is 6.52. The molecule has 4 nitrogen and oxygen atoms in total. The summed E-state index contributed by atoms with van der Waals surface area (Å²) < 4.78 is 5.72. The van der Waals surface area contributed by atoms with Crippen molar-refractivity contribution in [2.45, 2.75) is 51.9 Å². The molecule has 26 heavy (non-hydrogen) atoms. The Morgan fingerprint density at radius 2 is 1.54 bits per heavy atom. The van der Waals surface area contributed by atoms with Crippen LogP contribution < -0.4 is 4.74 Å². The molecule has 0 heterocycles. The van der Waals surface area contributed by atoms with Gasteiger partial charge in [0, 0.05) is 11.6 Å². The molecule has 4 heteroatoms. The Morgan fingerprint density at radius 1 is 0.885 bits per heavy atom. The zero-order chi connectivity index (χ0) is 18.8. The molecule has 0 radical (unpaired) electrons. The predicted molar refractivity (Wildman–Crippen MR) is 103 cm³/mol. The molecule has 0 unspecified atom stereocenters.